The fraction of sp³-hybridized carbons (Fsp3) is 0.700. The highest BCUT2D eigenvalue weighted by molar-refractivity contribution is 5.34. The maximum absolute atomic E-state index is 5.40. The van der Waals surface area contributed by atoms with Gasteiger partial charge < -0.3 is 14.8 Å². The second kappa shape index (κ2) is 7.62. The number of nitrogens with one attached hydrogen (secondary N) is 2. The fourth-order valence-corrected chi connectivity index (χ4v) is 1.14. The van der Waals surface area contributed by atoms with Crippen LogP contribution in [0.5, 0.6) is 6.01 Å². The van der Waals surface area contributed by atoms with Crippen LogP contribution in [0.25, 0.3) is 0 Å². The van der Waals surface area contributed by atoms with Gasteiger partial charge in [0.2, 0.25) is 11.9 Å². The molecule has 8 heteroatoms. The normalized spacial score (nSPS) is 10.5. The van der Waals surface area contributed by atoms with Crippen LogP contribution in [0.4, 0.5) is 11.9 Å². The number of rotatable bonds is 8. The van der Waals surface area contributed by atoms with E-state index in [-0.39, 0.29) is 18.1 Å². The van der Waals surface area contributed by atoms with Gasteiger partial charge in [0.1, 0.15) is 0 Å². The molecule has 4 N–H and O–H groups in total. The summed E-state index contributed by atoms with van der Waals surface area (Å²) in [5, 5.41) is 3.01. The van der Waals surface area contributed by atoms with Gasteiger partial charge in [0.05, 0.1) is 12.7 Å². The zero-order chi connectivity index (χ0) is 13.4. The van der Waals surface area contributed by atoms with E-state index >= 15 is 0 Å². The highest BCUT2D eigenvalue weighted by Crippen LogP contribution is 2.11. The molecule has 1 rings (SSSR count). The van der Waals surface area contributed by atoms with E-state index in [9.17, 15) is 0 Å². The second-order valence-electron chi connectivity index (χ2n) is 3.70. The van der Waals surface area contributed by atoms with Crippen LogP contribution in [-0.2, 0) is 4.74 Å². The van der Waals surface area contributed by atoms with Crippen molar-refractivity contribution in [2.45, 2.75) is 26.9 Å². The Morgan fingerprint density at radius 2 is 1.94 bits per heavy atom. The molecule has 0 bridgehead atoms. The molecule has 0 fully saturated rings. The van der Waals surface area contributed by atoms with Crippen LogP contribution in [0, 0.1) is 0 Å². The highest BCUT2D eigenvalue weighted by Gasteiger charge is 2.07. The molecule has 0 aliphatic rings. The van der Waals surface area contributed by atoms with Gasteiger partial charge in [0.25, 0.3) is 0 Å². The molecular formula is C10H20N6O2. The van der Waals surface area contributed by atoms with Crippen LogP contribution in [0.3, 0.4) is 0 Å². The summed E-state index contributed by atoms with van der Waals surface area (Å²) in [5.74, 6) is 5.93. The third-order valence-corrected chi connectivity index (χ3v) is 1.82. The van der Waals surface area contributed by atoms with Gasteiger partial charge in [-0.25, -0.2) is 5.84 Å². The quantitative estimate of drug-likeness (QED) is 0.348. The Morgan fingerprint density at radius 3 is 2.56 bits per heavy atom. The van der Waals surface area contributed by atoms with Crippen molar-refractivity contribution in [3.63, 3.8) is 0 Å². The molecule has 0 atom stereocenters. The summed E-state index contributed by atoms with van der Waals surface area (Å²) >= 11 is 0. The summed E-state index contributed by atoms with van der Waals surface area (Å²) in [7, 11) is 0. The first-order valence-corrected chi connectivity index (χ1v) is 5.86. The Hall–Kier alpha value is -1.67. The molecule has 0 aliphatic carbocycles. The smallest absolute Gasteiger partial charge is 0.323 e. The SMILES string of the molecule is CCOCCNc1nc(NN)nc(OC(C)C)n1. The largest absolute Gasteiger partial charge is 0.461 e. The number of nitrogen functional groups attached to an aromatic ring is 1. The van der Waals surface area contributed by atoms with Gasteiger partial charge in [-0.3, -0.25) is 5.43 Å². The summed E-state index contributed by atoms with van der Waals surface area (Å²) in [6.07, 6.45) is -0.0192. The molecule has 18 heavy (non-hydrogen) atoms. The number of anilines is 2. The lowest BCUT2D eigenvalue weighted by molar-refractivity contribution is 0.158. The van der Waals surface area contributed by atoms with E-state index < -0.39 is 0 Å². The minimum Gasteiger partial charge on any atom is -0.461 e. The molecule has 0 saturated carbocycles. The van der Waals surface area contributed by atoms with E-state index in [1.165, 1.54) is 0 Å². The van der Waals surface area contributed by atoms with E-state index in [2.05, 4.69) is 25.7 Å². The molecule has 1 aromatic rings. The number of hydrogen-bond acceptors (Lipinski definition) is 8. The predicted octanol–water partition coefficient (Wildman–Crippen LogP) is 0.393. The molecule has 8 nitrogen and oxygen atoms in total. The van der Waals surface area contributed by atoms with E-state index in [1.807, 2.05) is 20.8 Å². The van der Waals surface area contributed by atoms with Crippen molar-refractivity contribution in [3.05, 3.63) is 0 Å². The molecule has 1 heterocycles. The number of nitrogens with zero attached hydrogens (tertiary/aromatic N) is 3. The van der Waals surface area contributed by atoms with E-state index in [4.69, 9.17) is 15.3 Å². The maximum Gasteiger partial charge on any atom is 0.323 e. The van der Waals surface area contributed by atoms with Crippen LogP contribution >= 0.6 is 0 Å². The van der Waals surface area contributed by atoms with Crippen LogP contribution in [0.1, 0.15) is 20.8 Å². The average molecular weight is 256 g/mol. The highest BCUT2D eigenvalue weighted by atomic mass is 16.5. The summed E-state index contributed by atoms with van der Waals surface area (Å²) in [6.45, 7) is 7.57. The van der Waals surface area contributed by atoms with Crippen molar-refractivity contribution < 1.29 is 9.47 Å². The molecule has 0 aromatic carbocycles. The Balaban J connectivity index is 2.64. The Labute approximate surface area is 106 Å². The third-order valence-electron chi connectivity index (χ3n) is 1.82. The number of hydrogen-bond donors (Lipinski definition) is 3. The van der Waals surface area contributed by atoms with Crippen molar-refractivity contribution in [2.24, 2.45) is 5.84 Å². The zero-order valence-corrected chi connectivity index (χ0v) is 10.9. The van der Waals surface area contributed by atoms with Crippen LogP contribution < -0.4 is 21.3 Å². The molecule has 1 aromatic heterocycles. The van der Waals surface area contributed by atoms with Crippen LogP contribution in [0.15, 0.2) is 0 Å². The molecule has 0 unspecified atom stereocenters. The second-order valence-corrected chi connectivity index (χ2v) is 3.70. The lowest BCUT2D eigenvalue weighted by atomic mass is 10.5. The molecular weight excluding hydrogens is 236 g/mol. The number of aromatic nitrogens is 3. The van der Waals surface area contributed by atoms with E-state index in [0.29, 0.717) is 25.7 Å². The molecule has 0 radical (unpaired) electrons. The monoisotopic (exact) mass is 256 g/mol. The maximum atomic E-state index is 5.40. The van der Waals surface area contributed by atoms with Crippen molar-refractivity contribution in [2.75, 3.05) is 30.5 Å². The first kappa shape index (κ1) is 14.4. The van der Waals surface area contributed by atoms with Gasteiger partial charge in [-0.05, 0) is 20.8 Å². The van der Waals surface area contributed by atoms with E-state index in [0.717, 1.165) is 0 Å². The first-order chi connectivity index (χ1) is 8.65. The molecule has 0 amide bonds. The van der Waals surface area contributed by atoms with Gasteiger partial charge in [-0.15, -0.1) is 0 Å². The number of ether oxygens (including phenoxy) is 2. The standard InChI is InChI=1S/C10H20N6O2/c1-4-17-6-5-12-8-13-9(16-11)15-10(14-8)18-7(2)3/h7H,4-6,11H2,1-3H3,(H2,12,13,14,15,16). The third kappa shape index (κ3) is 5.11. The minimum absolute atomic E-state index is 0.0192. The molecule has 0 spiro atoms. The summed E-state index contributed by atoms with van der Waals surface area (Å²) in [4.78, 5) is 12.1. The van der Waals surface area contributed by atoms with Gasteiger partial charge in [-0.1, -0.05) is 0 Å². The topological polar surface area (TPSA) is 107 Å². The Morgan fingerprint density at radius 1 is 1.22 bits per heavy atom. The predicted molar refractivity (Wildman–Crippen MR) is 68.4 cm³/mol. The average Bonchev–Trinajstić information content (AvgIpc) is 2.33. The summed E-state index contributed by atoms with van der Waals surface area (Å²) in [5.41, 5.74) is 2.37. The van der Waals surface area contributed by atoms with Crippen LogP contribution in [-0.4, -0.2) is 40.8 Å². The number of hydrazine groups is 1. The molecule has 102 valence electrons. The fourth-order valence-electron chi connectivity index (χ4n) is 1.14. The Bertz CT molecular complexity index is 360. The van der Waals surface area contributed by atoms with E-state index in [1.54, 1.807) is 0 Å². The lowest BCUT2D eigenvalue weighted by Gasteiger charge is -2.11. The first-order valence-electron chi connectivity index (χ1n) is 5.86. The number of nitrogens with two attached hydrogens (primary N) is 1. The van der Waals surface area contributed by atoms with Gasteiger partial charge >= 0.3 is 6.01 Å². The molecule has 0 aliphatic heterocycles. The lowest BCUT2D eigenvalue weighted by Crippen LogP contribution is -2.17. The zero-order valence-electron chi connectivity index (χ0n) is 10.9. The van der Waals surface area contributed by atoms with Gasteiger partial charge in [0, 0.05) is 13.2 Å². The summed E-state index contributed by atoms with van der Waals surface area (Å²) in [6, 6.07) is 0.229. The summed E-state index contributed by atoms with van der Waals surface area (Å²) < 4.78 is 10.6. The van der Waals surface area contributed by atoms with Gasteiger partial charge in [0.15, 0.2) is 0 Å². The van der Waals surface area contributed by atoms with Crippen molar-refractivity contribution >= 4 is 11.9 Å². The van der Waals surface area contributed by atoms with Crippen LogP contribution in [0.2, 0.25) is 0 Å². The molecule has 0 saturated heterocycles. The van der Waals surface area contributed by atoms with Crippen molar-refractivity contribution in [3.8, 4) is 6.01 Å². The van der Waals surface area contributed by atoms with Gasteiger partial charge in [-0.2, -0.15) is 15.0 Å². The van der Waals surface area contributed by atoms with Crippen molar-refractivity contribution in [1.29, 1.82) is 0 Å². The minimum atomic E-state index is -0.0192. The van der Waals surface area contributed by atoms with Crippen molar-refractivity contribution in [1.82, 2.24) is 15.0 Å². The Kier molecular flexibility index (Phi) is 6.09.